The molecule has 0 saturated carbocycles. The van der Waals surface area contributed by atoms with Gasteiger partial charge in [0.1, 0.15) is 23.2 Å². The molecule has 1 amide bonds. The Labute approximate surface area is 244 Å². The normalized spacial score (nSPS) is 14.8. The molecule has 1 fully saturated rings. The quantitative estimate of drug-likeness (QED) is 0.317. The van der Waals surface area contributed by atoms with Gasteiger partial charge in [-0.25, -0.2) is 9.78 Å². The molecule has 228 valence electrons. The third-order valence-electron chi connectivity index (χ3n) is 6.95. The van der Waals surface area contributed by atoms with Crippen LogP contribution in [0.5, 0.6) is 0 Å². The van der Waals surface area contributed by atoms with Crippen molar-refractivity contribution in [3.8, 4) is 6.07 Å². The van der Waals surface area contributed by atoms with E-state index in [0.717, 1.165) is 12.1 Å². The van der Waals surface area contributed by atoms with Crippen LogP contribution in [0.2, 0.25) is 0 Å². The van der Waals surface area contributed by atoms with Gasteiger partial charge in [0.15, 0.2) is 0 Å². The Bertz CT molecular complexity index is 1680. The number of carbonyl (C=O) groups excluding carboxylic acids is 1. The molecule has 0 aliphatic carbocycles. The largest absolute Gasteiger partial charge is 0.444 e. The number of nitro groups is 1. The fraction of sp³-hybridized carbons (Fsp3) is 0.429. The number of non-ortho nitro benzene ring substituents is 1. The number of nitrogens with one attached hydrogen (secondary N) is 1. The molecular weight excluding hydrogens is 571 g/mol. The van der Waals surface area contributed by atoms with Crippen molar-refractivity contribution in [2.75, 3.05) is 36.4 Å². The minimum atomic E-state index is -4.80. The predicted octanol–water partition coefficient (Wildman–Crippen LogP) is 4.96. The number of nitrogens with zero attached hydrogens (tertiary/aromatic N) is 6. The van der Waals surface area contributed by atoms with E-state index in [-0.39, 0.29) is 28.1 Å². The number of hydrogen-bond acceptors (Lipinski definition) is 9. The van der Waals surface area contributed by atoms with Crippen LogP contribution in [0.4, 0.5) is 35.2 Å². The number of benzene rings is 1. The number of piperazine rings is 1. The molecule has 1 atom stereocenters. The van der Waals surface area contributed by atoms with Crippen LogP contribution in [-0.2, 0) is 18.0 Å². The number of nitro benzene ring substituents is 1. The van der Waals surface area contributed by atoms with Crippen LogP contribution in [0, 0.1) is 21.4 Å². The van der Waals surface area contributed by atoms with Gasteiger partial charge in [-0.2, -0.15) is 18.4 Å². The van der Waals surface area contributed by atoms with Gasteiger partial charge >= 0.3 is 12.3 Å². The smallest absolute Gasteiger partial charge is 0.416 e. The number of carbonyl (C=O) groups is 1. The first-order valence-corrected chi connectivity index (χ1v) is 13.3. The zero-order valence-corrected chi connectivity index (χ0v) is 24.2. The summed E-state index contributed by atoms with van der Waals surface area (Å²) < 4.78 is 47.2. The Morgan fingerprint density at radius 1 is 1.16 bits per heavy atom. The highest BCUT2D eigenvalue weighted by Gasteiger charge is 2.33. The van der Waals surface area contributed by atoms with Crippen LogP contribution in [0.25, 0.3) is 10.9 Å². The van der Waals surface area contributed by atoms with Gasteiger partial charge < -0.3 is 24.4 Å². The minimum absolute atomic E-state index is 0.0101. The van der Waals surface area contributed by atoms with Crippen molar-refractivity contribution in [2.24, 2.45) is 7.05 Å². The first-order valence-electron chi connectivity index (χ1n) is 13.3. The van der Waals surface area contributed by atoms with Crippen LogP contribution >= 0.6 is 0 Å². The van der Waals surface area contributed by atoms with E-state index in [1.807, 2.05) is 6.07 Å². The van der Waals surface area contributed by atoms with Crippen molar-refractivity contribution in [3.63, 3.8) is 0 Å². The zero-order valence-electron chi connectivity index (χ0n) is 24.2. The molecule has 43 heavy (non-hydrogen) atoms. The molecule has 0 radical (unpaired) electrons. The molecule has 15 heteroatoms. The standard InChI is InChI=1S/C28H30F3N7O5/c1-16(17-10-19(28(29,30)31)12-20(11-17)38(41)42)34-24-21-13-22(25(39)35(5)23(21)18(14-32)15-33-24)36-6-8-37(9-7-36)26(40)43-27(2,3)4/h10-13,15-16H,6-9H2,1-5H3,(H,33,34)/t16-/m1/s1. The van der Waals surface area contributed by atoms with Crippen LogP contribution in [-0.4, -0.2) is 57.2 Å². The number of hydrogen-bond donors (Lipinski definition) is 1. The minimum Gasteiger partial charge on any atom is -0.444 e. The van der Waals surface area contributed by atoms with Gasteiger partial charge in [-0.15, -0.1) is 0 Å². The maximum absolute atomic E-state index is 13.5. The highest BCUT2D eigenvalue weighted by molar-refractivity contribution is 5.95. The first-order chi connectivity index (χ1) is 20.0. The van der Waals surface area contributed by atoms with E-state index in [4.69, 9.17) is 4.74 Å². The van der Waals surface area contributed by atoms with Crippen molar-refractivity contribution in [1.29, 1.82) is 5.26 Å². The number of rotatable bonds is 5. The van der Waals surface area contributed by atoms with Crippen LogP contribution in [0.1, 0.15) is 50.4 Å². The summed E-state index contributed by atoms with van der Waals surface area (Å²) in [5.41, 5.74) is -2.32. The van der Waals surface area contributed by atoms with E-state index in [0.29, 0.717) is 37.6 Å². The number of aromatic nitrogens is 2. The monoisotopic (exact) mass is 601 g/mol. The number of halogens is 3. The Morgan fingerprint density at radius 3 is 2.37 bits per heavy atom. The Hall–Kier alpha value is -4.87. The van der Waals surface area contributed by atoms with Crippen molar-refractivity contribution >= 4 is 34.2 Å². The van der Waals surface area contributed by atoms with E-state index in [9.17, 15) is 38.1 Å². The molecule has 1 N–H and O–H groups in total. The highest BCUT2D eigenvalue weighted by Crippen LogP contribution is 2.35. The summed E-state index contributed by atoms with van der Waals surface area (Å²) in [6, 6.07) is 5.01. The van der Waals surface area contributed by atoms with E-state index >= 15 is 0 Å². The summed E-state index contributed by atoms with van der Waals surface area (Å²) in [5.74, 6) is 0.158. The maximum atomic E-state index is 13.5. The summed E-state index contributed by atoms with van der Waals surface area (Å²) in [6.45, 7) is 8.05. The SMILES string of the molecule is C[C@@H](Nc1ncc(C#N)c2c1cc(N1CCN(C(=O)OC(C)(C)C)CC1)c(=O)n2C)c1cc([N+](=O)[O-])cc(C(F)(F)F)c1. The average molecular weight is 602 g/mol. The van der Waals surface area contributed by atoms with Gasteiger partial charge in [-0.05, 0) is 45.4 Å². The molecule has 3 heterocycles. The van der Waals surface area contributed by atoms with Crippen molar-refractivity contribution in [2.45, 2.75) is 45.5 Å². The van der Waals surface area contributed by atoms with E-state index < -0.39 is 45.6 Å². The van der Waals surface area contributed by atoms with Gasteiger partial charge in [0.2, 0.25) is 0 Å². The van der Waals surface area contributed by atoms with Crippen LogP contribution < -0.4 is 15.8 Å². The zero-order chi connectivity index (χ0) is 31.9. The Kier molecular flexibility index (Phi) is 8.26. The highest BCUT2D eigenvalue weighted by atomic mass is 19.4. The van der Waals surface area contributed by atoms with Gasteiger partial charge in [0.25, 0.3) is 11.2 Å². The lowest BCUT2D eigenvalue weighted by molar-refractivity contribution is -0.385. The Morgan fingerprint density at radius 2 is 1.81 bits per heavy atom. The fourth-order valence-electron chi connectivity index (χ4n) is 4.81. The van der Waals surface area contributed by atoms with Gasteiger partial charge in [-0.1, -0.05) is 0 Å². The van der Waals surface area contributed by atoms with Crippen LogP contribution in [0.15, 0.2) is 35.3 Å². The van der Waals surface area contributed by atoms with Crippen molar-refractivity contribution in [1.82, 2.24) is 14.5 Å². The van der Waals surface area contributed by atoms with Crippen LogP contribution in [0.3, 0.4) is 0 Å². The second-order valence-corrected chi connectivity index (χ2v) is 11.2. The Balaban J connectivity index is 1.72. The van der Waals surface area contributed by atoms with E-state index in [2.05, 4.69) is 10.3 Å². The number of aryl methyl sites for hydroxylation is 1. The summed E-state index contributed by atoms with van der Waals surface area (Å²) in [6.07, 6.45) is -4.03. The maximum Gasteiger partial charge on any atom is 0.416 e. The van der Waals surface area contributed by atoms with Gasteiger partial charge in [0.05, 0.1) is 27.6 Å². The molecular formula is C28H30F3N7O5. The average Bonchev–Trinajstić information content (AvgIpc) is 2.93. The van der Waals surface area contributed by atoms with E-state index in [1.165, 1.54) is 24.7 Å². The molecule has 12 nitrogen and oxygen atoms in total. The van der Waals surface area contributed by atoms with Gasteiger partial charge in [-0.3, -0.25) is 14.9 Å². The lowest BCUT2D eigenvalue weighted by Gasteiger charge is -2.36. The second kappa shape index (κ2) is 11.4. The first kappa shape index (κ1) is 31.1. The molecule has 1 aromatic carbocycles. The number of fused-ring (bicyclic) bond motifs is 1. The molecule has 2 aromatic heterocycles. The second-order valence-electron chi connectivity index (χ2n) is 11.2. The lowest BCUT2D eigenvalue weighted by atomic mass is 10.0. The summed E-state index contributed by atoms with van der Waals surface area (Å²) in [7, 11) is 1.50. The number of amides is 1. The summed E-state index contributed by atoms with van der Waals surface area (Å²) in [5, 5.41) is 24.4. The predicted molar refractivity (Wildman–Crippen MR) is 152 cm³/mol. The third kappa shape index (κ3) is 6.63. The van der Waals surface area contributed by atoms with E-state index in [1.54, 1.807) is 36.6 Å². The number of ether oxygens (including phenoxy) is 1. The molecule has 1 saturated heterocycles. The number of alkyl halides is 3. The molecule has 0 spiro atoms. The lowest BCUT2D eigenvalue weighted by Crippen LogP contribution is -2.51. The molecule has 0 unspecified atom stereocenters. The summed E-state index contributed by atoms with van der Waals surface area (Å²) in [4.78, 5) is 44.0. The molecule has 1 aliphatic rings. The van der Waals surface area contributed by atoms with Gasteiger partial charge in [0, 0.05) is 56.9 Å². The summed E-state index contributed by atoms with van der Waals surface area (Å²) >= 11 is 0. The number of nitriles is 1. The molecule has 1 aliphatic heterocycles. The fourth-order valence-corrected chi connectivity index (χ4v) is 4.81. The number of anilines is 2. The van der Waals surface area contributed by atoms with Crippen molar-refractivity contribution in [3.05, 3.63) is 67.6 Å². The number of pyridine rings is 2. The molecule has 0 bridgehead atoms. The molecule has 4 rings (SSSR count). The topological polar surface area (TPSA) is 147 Å². The van der Waals surface area contributed by atoms with Crippen molar-refractivity contribution < 1.29 is 27.6 Å². The molecule has 3 aromatic rings. The third-order valence-corrected chi connectivity index (χ3v) is 6.95.